The highest BCUT2D eigenvalue weighted by Gasteiger charge is 2.11. The van der Waals surface area contributed by atoms with Gasteiger partial charge in [-0.1, -0.05) is 29.8 Å². The second-order valence-corrected chi connectivity index (χ2v) is 5.05. The molecule has 0 saturated carbocycles. The van der Waals surface area contributed by atoms with E-state index in [-0.39, 0.29) is 6.04 Å². The number of nitrogens with one attached hydrogen (secondary N) is 2. The lowest BCUT2D eigenvalue weighted by Gasteiger charge is -2.18. The van der Waals surface area contributed by atoms with Crippen LogP contribution >= 0.6 is 11.6 Å². The van der Waals surface area contributed by atoms with Crippen molar-refractivity contribution in [3.63, 3.8) is 0 Å². The molecule has 20 heavy (non-hydrogen) atoms. The first-order valence-corrected chi connectivity index (χ1v) is 7.08. The number of benzene rings is 1. The van der Waals surface area contributed by atoms with Gasteiger partial charge < -0.3 is 10.6 Å². The number of aryl methyl sites for hydroxylation is 1. The summed E-state index contributed by atoms with van der Waals surface area (Å²) >= 11 is 6.22. The molecule has 0 saturated heterocycles. The van der Waals surface area contributed by atoms with E-state index in [1.54, 1.807) is 0 Å². The molecule has 0 bridgehead atoms. The monoisotopic (exact) mass is 290 g/mol. The zero-order chi connectivity index (χ0) is 14.5. The molecule has 1 heterocycles. The fraction of sp³-hybridized carbons (Fsp3) is 0.333. The van der Waals surface area contributed by atoms with Crippen LogP contribution in [0.15, 0.2) is 30.5 Å². The Bertz CT molecular complexity index is 586. The average Bonchev–Trinajstić information content (AvgIpc) is 2.43. The zero-order valence-corrected chi connectivity index (χ0v) is 12.7. The van der Waals surface area contributed by atoms with Crippen LogP contribution in [0.5, 0.6) is 0 Å². The van der Waals surface area contributed by atoms with Gasteiger partial charge in [0.25, 0.3) is 0 Å². The first-order valence-electron chi connectivity index (χ1n) is 6.70. The molecule has 4 nitrogen and oxygen atoms in total. The van der Waals surface area contributed by atoms with Crippen molar-refractivity contribution in [2.45, 2.75) is 26.8 Å². The van der Waals surface area contributed by atoms with Crippen LogP contribution in [0.3, 0.4) is 0 Å². The topological polar surface area (TPSA) is 49.8 Å². The summed E-state index contributed by atoms with van der Waals surface area (Å²) in [5, 5.41) is 7.26. The minimum absolute atomic E-state index is 0.0757. The van der Waals surface area contributed by atoms with E-state index < -0.39 is 0 Å². The normalized spacial score (nSPS) is 12.0. The Morgan fingerprint density at radius 2 is 2.05 bits per heavy atom. The van der Waals surface area contributed by atoms with Gasteiger partial charge in [0.05, 0.1) is 6.04 Å². The summed E-state index contributed by atoms with van der Waals surface area (Å²) in [5.41, 5.74) is 2.06. The molecule has 0 aliphatic rings. The van der Waals surface area contributed by atoms with E-state index >= 15 is 0 Å². The maximum Gasteiger partial charge on any atom is 0.224 e. The van der Waals surface area contributed by atoms with Crippen molar-refractivity contribution in [2.75, 3.05) is 17.2 Å². The Morgan fingerprint density at radius 3 is 2.75 bits per heavy atom. The van der Waals surface area contributed by atoms with Crippen LogP contribution in [0.25, 0.3) is 0 Å². The fourth-order valence-corrected chi connectivity index (χ4v) is 2.24. The van der Waals surface area contributed by atoms with Gasteiger partial charge in [-0.3, -0.25) is 0 Å². The van der Waals surface area contributed by atoms with E-state index in [9.17, 15) is 0 Å². The van der Waals surface area contributed by atoms with Crippen molar-refractivity contribution < 1.29 is 0 Å². The van der Waals surface area contributed by atoms with E-state index in [2.05, 4.69) is 27.5 Å². The van der Waals surface area contributed by atoms with Crippen molar-refractivity contribution in [3.8, 4) is 0 Å². The molecule has 0 radical (unpaired) electrons. The zero-order valence-electron chi connectivity index (χ0n) is 11.9. The van der Waals surface area contributed by atoms with Crippen molar-refractivity contribution in [1.82, 2.24) is 9.97 Å². The van der Waals surface area contributed by atoms with E-state index in [1.165, 1.54) is 0 Å². The molecule has 0 aliphatic carbocycles. The fourth-order valence-electron chi connectivity index (χ4n) is 1.94. The molecular formula is C15H19ClN4. The molecule has 0 spiro atoms. The van der Waals surface area contributed by atoms with Crippen LogP contribution in [0.1, 0.15) is 31.0 Å². The van der Waals surface area contributed by atoms with Gasteiger partial charge >= 0.3 is 0 Å². The van der Waals surface area contributed by atoms with Crippen molar-refractivity contribution in [1.29, 1.82) is 0 Å². The number of hydrogen-bond donors (Lipinski definition) is 2. The lowest BCUT2D eigenvalue weighted by atomic mass is 10.1. The quantitative estimate of drug-likeness (QED) is 0.872. The summed E-state index contributed by atoms with van der Waals surface area (Å²) in [4.78, 5) is 8.72. The smallest absolute Gasteiger partial charge is 0.224 e. The Kier molecular flexibility index (Phi) is 4.79. The molecule has 1 unspecified atom stereocenters. The van der Waals surface area contributed by atoms with Crippen LogP contribution < -0.4 is 10.6 Å². The first-order chi connectivity index (χ1) is 9.61. The Balaban J connectivity index is 2.21. The molecule has 5 heteroatoms. The number of halogens is 1. The summed E-state index contributed by atoms with van der Waals surface area (Å²) in [6, 6.07) is 7.90. The largest absolute Gasteiger partial charge is 0.363 e. The standard InChI is InChI=1S/C15H19ClN4/c1-4-17-15-18-9-10(2)14(20-15)19-11(3)12-7-5-6-8-13(12)16/h5-9,11H,4H2,1-3H3,(H2,17,18,19,20). The van der Waals surface area contributed by atoms with E-state index in [4.69, 9.17) is 11.6 Å². The molecular weight excluding hydrogens is 272 g/mol. The molecule has 106 valence electrons. The average molecular weight is 291 g/mol. The molecule has 1 atom stereocenters. The summed E-state index contributed by atoms with van der Waals surface area (Å²) in [7, 11) is 0. The van der Waals surface area contributed by atoms with Crippen LogP contribution in [-0.2, 0) is 0 Å². The molecule has 1 aromatic carbocycles. The molecule has 0 fully saturated rings. The summed E-state index contributed by atoms with van der Waals surface area (Å²) in [5.74, 6) is 1.45. The maximum absolute atomic E-state index is 6.22. The van der Waals surface area contributed by atoms with Crippen LogP contribution in [0.4, 0.5) is 11.8 Å². The number of anilines is 2. The minimum atomic E-state index is 0.0757. The van der Waals surface area contributed by atoms with Gasteiger partial charge in [0.1, 0.15) is 5.82 Å². The third-order valence-electron chi connectivity index (χ3n) is 3.03. The third-order valence-corrected chi connectivity index (χ3v) is 3.38. The van der Waals surface area contributed by atoms with E-state index in [1.807, 2.05) is 44.3 Å². The van der Waals surface area contributed by atoms with Crippen molar-refractivity contribution in [2.24, 2.45) is 0 Å². The molecule has 0 aliphatic heterocycles. The lowest BCUT2D eigenvalue weighted by Crippen LogP contribution is -2.12. The molecule has 2 aromatic rings. The van der Waals surface area contributed by atoms with Gasteiger partial charge in [-0.2, -0.15) is 4.98 Å². The Labute approximate surface area is 124 Å². The lowest BCUT2D eigenvalue weighted by molar-refractivity contribution is 0.868. The van der Waals surface area contributed by atoms with Gasteiger partial charge in [0.2, 0.25) is 5.95 Å². The number of nitrogens with zero attached hydrogens (tertiary/aromatic N) is 2. The number of hydrogen-bond acceptors (Lipinski definition) is 4. The minimum Gasteiger partial charge on any atom is -0.363 e. The Hall–Kier alpha value is -1.81. The molecule has 2 rings (SSSR count). The SMILES string of the molecule is CCNc1ncc(C)c(NC(C)c2ccccc2Cl)n1. The highest BCUT2D eigenvalue weighted by atomic mass is 35.5. The van der Waals surface area contributed by atoms with Crippen LogP contribution in [0.2, 0.25) is 5.02 Å². The van der Waals surface area contributed by atoms with Crippen molar-refractivity contribution in [3.05, 3.63) is 46.6 Å². The molecule has 0 amide bonds. The maximum atomic E-state index is 6.22. The second kappa shape index (κ2) is 6.57. The summed E-state index contributed by atoms with van der Waals surface area (Å²) < 4.78 is 0. The van der Waals surface area contributed by atoms with E-state index in [0.717, 1.165) is 28.5 Å². The summed E-state index contributed by atoms with van der Waals surface area (Å²) in [6.07, 6.45) is 1.81. The third kappa shape index (κ3) is 3.39. The number of aromatic nitrogens is 2. The number of rotatable bonds is 5. The van der Waals surface area contributed by atoms with Gasteiger partial charge in [0.15, 0.2) is 0 Å². The Morgan fingerprint density at radius 1 is 1.30 bits per heavy atom. The van der Waals surface area contributed by atoms with Gasteiger partial charge in [0, 0.05) is 23.3 Å². The van der Waals surface area contributed by atoms with Crippen LogP contribution in [-0.4, -0.2) is 16.5 Å². The predicted octanol–water partition coefficient (Wildman–Crippen LogP) is 4.04. The highest BCUT2D eigenvalue weighted by Crippen LogP contribution is 2.26. The highest BCUT2D eigenvalue weighted by molar-refractivity contribution is 6.31. The predicted molar refractivity (Wildman–Crippen MR) is 84.4 cm³/mol. The van der Waals surface area contributed by atoms with E-state index in [0.29, 0.717) is 5.95 Å². The van der Waals surface area contributed by atoms with Gasteiger partial charge in [-0.25, -0.2) is 4.98 Å². The van der Waals surface area contributed by atoms with Gasteiger partial charge in [-0.05, 0) is 32.4 Å². The van der Waals surface area contributed by atoms with Crippen LogP contribution in [0, 0.1) is 6.92 Å². The first kappa shape index (κ1) is 14.6. The molecule has 2 N–H and O–H groups in total. The second-order valence-electron chi connectivity index (χ2n) is 4.64. The van der Waals surface area contributed by atoms with Gasteiger partial charge in [-0.15, -0.1) is 0 Å². The molecule has 1 aromatic heterocycles. The van der Waals surface area contributed by atoms with Crippen molar-refractivity contribution >= 4 is 23.4 Å². The summed E-state index contributed by atoms with van der Waals surface area (Å²) in [6.45, 7) is 6.86.